The molecule has 12 aliphatic carbocycles. The number of rotatable bonds is 10. The predicted octanol–water partition coefficient (Wildman–Crippen LogP) is 5.73. The maximum atomic E-state index is 16.9. The lowest BCUT2D eigenvalue weighted by atomic mass is 9.39. The molecule has 0 amide bonds. The molecule has 0 aromatic heterocycles. The predicted molar refractivity (Wildman–Crippen MR) is 289 cm³/mol. The monoisotopic (exact) mass is 1110 g/mol. The molecule has 12 rings (SSSR count). The molecule has 15 heteroatoms. The molecular weight excluding hydrogens is 1020 g/mol. The number of allylic oxidation sites excluding steroid dienone is 2. The van der Waals surface area contributed by atoms with Gasteiger partial charge in [0.25, 0.3) is 0 Å². The molecule has 0 spiro atoms. The van der Waals surface area contributed by atoms with E-state index in [1.165, 1.54) is 0 Å². The molecule has 15 nitrogen and oxygen atoms in total. The first-order valence-corrected chi connectivity index (χ1v) is 30.8. The third-order valence-corrected chi connectivity index (χ3v) is 27.4. The van der Waals surface area contributed by atoms with Gasteiger partial charge in [-0.1, -0.05) is 58.3 Å². The Morgan fingerprint density at radius 2 is 0.950 bits per heavy atom. The third kappa shape index (κ3) is 7.49. The number of hydrogen-bond acceptors (Lipinski definition) is 15. The van der Waals surface area contributed by atoms with Crippen LogP contribution in [0.3, 0.4) is 0 Å². The van der Waals surface area contributed by atoms with Gasteiger partial charge in [-0.2, -0.15) is 0 Å². The highest BCUT2D eigenvalue weighted by molar-refractivity contribution is 5.95. The molecule has 438 valence electrons. The maximum absolute atomic E-state index is 16.9. The normalized spacial score (nSPS) is 51.2. The average Bonchev–Trinajstić information content (AvgIpc) is 4.18. The number of aliphatic hydroxyl groups is 7. The van der Waals surface area contributed by atoms with E-state index in [0.717, 1.165) is 23.1 Å². The summed E-state index contributed by atoms with van der Waals surface area (Å²) >= 11 is 0. The molecule has 9 saturated carbocycles. The molecule has 7 N–H and O–H groups in total. The van der Waals surface area contributed by atoms with Crippen molar-refractivity contribution in [1.82, 2.24) is 0 Å². The van der Waals surface area contributed by atoms with Gasteiger partial charge < -0.3 is 40.5 Å². The van der Waals surface area contributed by atoms with Crippen molar-refractivity contribution < 1.29 is 74.0 Å². The van der Waals surface area contributed by atoms with Gasteiger partial charge in [-0.3, -0.25) is 33.6 Å². The summed E-state index contributed by atoms with van der Waals surface area (Å²) in [5.74, 6) is -8.53. The number of carbonyl (C=O) groups excluding carboxylic acids is 7. The van der Waals surface area contributed by atoms with Crippen LogP contribution >= 0.6 is 0 Å². The number of fused-ring (bicyclic) bond motifs is 15. The fourth-order valence-electron chi connectivity index (χ4n) is 24.2. The van der Waals surface area contributed by atoms with Crippen molar-refractivity contribution in [2.45, 2.75) is 187 Å². The second-order valence-electron chi connectivity index (χ2n) is 29.8. The summed E-state index contributed by atoms with van der Waals surface area (Å²) in [4.78, 5) is 101. The van der Waals surface area contributed by atoms with Gasteiger partial charge in [-0.05, 0) is 195 Å². The summed E-state index contributed by atoms with van der Waals surface area (Å²) in [5.41, 5.74) is -4.90. The van der Waals surface area contributed by atoms with E-state index in [4.69, 9.17) is 4.74 Å². The zero-order chi connectivity index (χ0) is 57.3. The van der Waals surface area contributed by atoms with Crippen LogP contribution in [-0.4, -0.2) is 126 Å². The van der Waals surface area contributed by atoms with Crippen molar-refractivity contribution in [2.24, 2.45) is 115 Å². The summed E-state index contributed by atoms with van der Waals surface area (Å²) < 4.78 is 7.21. The average molecular weight is 1110 g/mol. The Morgan fingerprint density at radius 1 is 0.537 bits per heavy atom. The summed E-state index contributed by atoms with van der Waals surface area (Å²) in [7, 11) is 0. The van der Waals surface area contributed by atoms with Crippen LogP contribution < -0.4 is 0 Å². The maximum Gasteiger partial charge on any atom is 0.309 e. The van der Waals surface area contributed by atoms with Crippen LogP contribution in [0, 0.1) is 115 Å². The summed E-state index contributed by atoms with van der Waals surface area (Å²) in [6, 6.07) is 0. The lowest BCUT2D eigenvalue weighted by molar-refractivity contribution is -0.205. The van der Waals surface area contributed by atoms with Gasteiger partial charge in [0.15, 0.2) is 34.7 Å². The molecule has 0 aromatic carbocycles. The topological polar surface area (TPSA) is 270 Å². The first-order chi connectivity index (χ1) is 37.7. The third-order valence-electron chi connectivity index (χ3n) is 27.4. The minimum absolute atomic E-state index is 0.00586. The van der Waals surface area contributed by atoms with Crippen LogP contribution in [0.4, 0.5) is 0 Å². The molecular formula is C65H88O15. The van der Waals surface area contributed by atoms with E-state index < -0.39 is 141 Å². The zero-order valence-electron chi connectivity index (χ0n) is 47.9. The number of hydrogen-bond donors (Lipinski definition) is 7. The number of esters is 1. The van der Waals surface area contributed by atoms with Crippen LogP contribution in [0.1, 0.15) is 157 Å². The zero-order valence-corrected chi connectivity index (χ0v) is 47.9. The highest BCUT2D eigenvalue weighted by Crippen LogP contribution is 2.74. The molecule has 0 saturated heterocycles. The summed E-state index contributed by atoms with van der Waals surface area (Å²) in [6.07, 6.45) is 7.60. The van der Waals surface area contributed by atoms with Crippen molar-refractivity contribution in [3.63, 3.8) is 0 Å². The Balaban J connectivity index is 0.990. The van der Waals surface area contributed by atoms with Crippen molar-refractivity contribution in [3.8, 4) is 0 Å². The minimum atomic E-state index is -1.87. The second kappa shape index (κ2) is 19.2. The van der Waals surface area contributed by atoms with E-state index in [-0.39, 0.29) is 103 Å². The van der Waals surface area contributed by atoms with Gasteiger partial charge in [0.05, 0.1) is 24.2 Å². The van der Waals surface area contributed by atoms with E-state index >= 15 is 4.79 Å². The number of Topliss-reactive ketones (excluding diaryl/α,β-unsaturated/α-hetero) is 3. The molecule has 0 aliphatic heterocycles. The Labute approximate surface area is 470 Å². The molecule has 0 radical (unpaired) electrons. The van der Waals surface area contributed by atoms with Crippen molar-refractivity contribution in [2.75, 3.05) is 19.8 Å². The lowest BCUT2D eigenvalue weighted by Gasteiger charge is -2.65. The van der Waals surface area contributed by atoms with Crippen molar-refractivity contribution in [3.05, 3.63) is 34.9 Å². The number of ketones is 6. The second-order valence-corrected chi connectivity index (χ2v) is 29.8. The van der Waals surface area contributed by atoms with Crippen LogP contribution in [0.5, 0.6) is 0 Å². The van der Waals surface area contributed by atoms with Crippen molar-refractivity contribution >= 4 is 40.7 Å². The van der Waals surface area contributed by atoms with Crippen molar-refractivity contribution in [1.29, 1.82) is 0 Å². The first-order valence-electron chi connectivity index (χ1n) is 30.8. The van der Waals surface area contributed by atoms with Gasteiger partial charge in [0.1, 0.15) is 31.5 Å². The van der Waals surface area contributed by atoms with Gasteiger partial charge in [0, 0.05) is 47.8 Å². The van der Waals surface area contributed by atoms with E-state index in [1.807, 2.05) is 20.8 Å². The highest BCUT2D eigenvalue weighted by Gasteiger charge is 2.73. The molecule has 0 bridgehead atoms. The Kier molecular flexibility index (Phi) is 13.7. The van der Waals surface area contributed by atoms with Gasteiger partial charge in [-0.15, -0.1) is 0 Å². The SMILES string of the molecule is C[C@]12C[C@H](O)[C@H]3[C@@H](CCC4=CC(=O)CC(OC(=O)C(C5CC(=O)C=C6CC[C@@H]7[C@H]([C@@H](O)C[C@]8(C)[C@@H](C(=O)CO)CC[C@@H]78)[C@]65C)C5CC(=O)C=C6CC[C@@H]7[C@H]([C@@H](O)C[C@@]8(C)[C@H]7CC[C@]8(O)C(=O)CO)[C@]65C)[C@@]43C)[C@@H]1CC[C@@H]2C(=O)CO. The molecule has 12 aliphatic rings. The Hall–Kier alpha value is -3.57. The molecule has 0 aromatic rings. The molecule has 4 unspecified atom stereocenters. The van der Waals surface area contributed by atoms with E-state index in [1.54, 1.807) is 18.2 Å². The first kappa shape index (κ1) is 56.9. The van der Waals surface area contributed by atoms with E-state index in [0.29, 0.717) is 70.6 Å². The molecule has 80 heavy (non-hydrogen) atoms. The van der Waals surface area contributed by atoms with Crippen LogP contribution in [0.15, 0.2) is 34.9 Å². The quantitative estimate of drug-likeness (QED) is 0.129. The van der Waals surface area contributed by atoms with E-state index in [2.05, 4.69) is 20.8 Å². The Bertz CT molecular complexity index is 2780. The van der Waals surface area contributed by atoms with Crippen LogP contribution in [0.2, 0.25) is 0 Å². The fraction of sp³-hybridized carbons (Fsp3) is 0.800. The number of ether oxygens (including phenoxy) is 1. The highest BCUT2D eigenvalue weighted by atomic mass is 16.5. The summed E-state index contributed by atoms with van der Waals surface area (Å²) in [6.45, 7) is 10.1. The van der Waals surface area contributed by atoms with Crippen LogP contribution in [0.25, 0.3) is 0 Å². The van der Waals surface area contributed by atoms with Crippen LogP contribution in [-0.2, 0) is 38.3 Å². The lowest BCUT2D eigenvalue weighted by Crippen LogP contribution is -2.65. The van der Waals surface area contributed by atoms with E-state index in [9.17, 15) is 64.5 Å². The standard InChI is InChI=1S/C65H88O15/c1-59-25-47(72)55-37(40(59)13-15-43(59)50(75)28-66)10-7-31-19-34(69)22-45(62(31,55)4)54(46-23-35(70)20-32-8-12-39-42-17-18-65(79,52(77)30-68)61(42,3)27-49(74)56(39)63(32,46)5)58(78)80-53-24-36(71)21-33-9-11-38-41-14-16-44(51(76)29-67)60(41,2)26-48(73)57(38)64(33,53)6/h19-21,37-49,53-57,66-68,72-74,79H,7-18,22-30H2,1-6H3/t37-,38-,39-,40-,41-,42-,43+,44+,45?,46?,47-,48-,49-,53?,54?,55+,56+,57+,59-,60-,61-,62+,63+,64+,65-/m0/s1. The largest absolute Gasteiger partial charge is 0.461 e. The molecule has 25 atom stereocenters. The van der Waals surface area contributed by atoms with Gasteiger partial charge >= 0.3 is 5.97 Å². The Morgan fingerprint density at radius 3 is 1.40 bits per heavy atom. The molecule has 0 heterocycles. The molecule has 9 fully saturated rings. The number of aliphatic hydroxyl groups excluding tert-OH is 6. The number of carbonyl (C=O) groups is 7. The smallest absolute Gasteiger partial charge is 0.309 e. The van der Waals surface area contributed by atoms with Gasteiger partial charge in [0.2, 0.25) is 0 Å². The fourth-order valence-corrected chi connectivity index (χ4v) is 24.2. The van der Waals surface area contributed by atoms with Gasteiger partial charge in [-0.25, -0.2) is 0 Å². The minimum Gasteiger partial charge on any atom is -0.461 e. The summed E-state index contributed by atoms with van der Waals surface area (Å²) in [5, 5.41) is 81.2.